The summed E-state index contributed by atoms with van der Waals surface area (Å²) in [6.45, 7) is 2.39. The first kappa shape index (κ1) is 13.4. The minimum atomic E-state index is -0.464. The van der Waals surface area contributed by atoms with Crippen LogP contribution in [0.5, 0.6) is 5.75 Å². The van der Waals surface area contributed by atoms with Crippen LogP contribution in [0.4, 0.5) is 5.69 Å². The first-order valence-electron chi connectivity index (χ1n) is 5.23. The minimum Gasteiger partial charge on any atom is -0.487 e. The molecule has 0 aliphatic carbocycles. The van der Waals surface area contributed by atoms with E-state index in [0.29, 0.717) is 23.6 Å². The van der Waals surface area contributed by atoms with Gasteiger partial charge >= 0.3 is 5.69 Å². The maximum Gasteiger partial charge on any atom is 0.311 e. The number of nitrogens with two attached hydrogens (primary N) is 1. The van der Waals surface area contributed by atoms with E-state index in [1.807, 2.05) is 6.92 Å². The molecule has 6 heteroatoms. The number of hydrogen-bond acceptors (Lipinski definition) is 4. The highest BCUT2D eigenvalue weighted by Gasteiger charge is 2.15. The van der Waals surface area contributed by atoms with Gasteiger partial charge in [-0.15, -0.1) is 0 Å². The van der Waals surface area contributed by atoms with E-state index in [1.165, 1.54) is 6.07 Å². The number of nitrogens with zero attached hydrogens (tertiary/aromatic N) is 1. The Morgan fingerprint density at radius 3 is 2.82 bits per heavy atom. The predicted molar refractivity (Wildman–Crippen MR) is 69.4 cm³/mol. The monoisotopic (exact) mass is 254 g/mol. The van der Waals surface area contributed by atoms with Crippen LogP contribution in [0.1, 0.15) is 18.9 Å². The van der Waals surface area contributed by atoms with E-state index in [0.717, 1.165) is 6.42 Å². The van der Waals surface area contributed by atoms with Gasteiger partial charge in [-0.05, 0) is 18.1 Å². The summed E-state index contributed by atoms with van der Waals surface area (Å²) in [5.74, 6) is 0.281. The Hall–Kier alpha value is -1.69. The van der Waals surface area contributed by atoms with Crippen LogP contribution in [0, 0.1) is 10.1 Å². The third-order valence-electron chi connectivity index (χ3n) is 2.06. The molecule has 0 saturated carbocycles. The zero-order chi connectivity index (χ0) is 12.8. The Morgan fingerprint density at radius 2 is 2.29 bits per heavy atom. The van der Waals surface area contributed by atoms with E-state index < -0.39 is 4.92 Å². The average Bonchev–Trinajstić information content (AvgIpc) is 2.26. The number of ether oxygens (including phenoxy) is 1. The van der Waals surface area contributed by atoms with Crippen molar-refractivity contribution in [1.82, 2.24) is 0 Å². The first-order valence-corrected chi connectivity index (χ1v) is 5.63. The summed E-state index contributed by atoms with van der Waals surface area (Å²) >= 11 is 4.77. The highest BCUT2D eigenvalue weighted by atomic mass is 32.1. The van der Waals surface area contributed by atoms with Gasteiger partial charge in [0.25, 0.3) is 0 Å². The van der Waals surface area contributed by atoms with E-state index in [1.54, 1.807) is 12.1 Å². The summed E-state index contributed by atoms with van der Waals surface area (Å²) in [7, 11) is 0. The summed E-state index contributed by atoms with van der Waals surface area (Å²) in [4.78, 5) is 10.7. The summed E-state index contributed by atoms with van der Waals surface area (Å²) < 4.78 is 5.30. The molecule has 17 heavy (non-hydrogen) atoms. The maximum absolute atomic E-state index is 10.9. The van der Waals surface area contributed by atoms with Crippen molar-refractivity contribution >= 4 is 22.9 Å². The highest BCUT2D eigenvalue weighted by Crippen LogP contribution is 2.28. The molecule has 0 amide bonds. The predicted octanol–water partition coefficient (Wildman–Crippen LogP) is 2.21. The van der Waals surface area contributed by atoms with E-state index in [9.17, 15) is 10.1 Å². The van der Waals surface area contributed by atoms with Gasteiger partial charge in [0, 0.05) is 12.5 Å². The van der Waals surface area contributed by atoms with Crippen LogP contribution < -0.4 is 10.5 Å². The van der Waals surface area contributed by atoms with Crippen molar-refractivity contribution in [3.8, 4) is 5.75 Å². The Balaban J connectivity index is 2.99. The van der Waals surface area contributed by atoms with Crippen LogP contribution in [0.15, 0.2) is 18.2 Å². The second kappa shape index (κ2) is 6.15. The molecular weight excluding hydrogens is 240 g/mol. The molecular formula is C11H14N2O3S. The van der Waals surface area contributed by atoms with Gasteiger partial charge in [-0.25, -0.2) is 0 Å². The lowest BCUT2D eigenvalue weighted by molar-refractivity contribution is -0.385. The molecule has 0 bridgehead atoms. The van der Waals surface area contributed by atoms with Crippen molar-refractivity contribution in [3.05, 3.63) is 33.9 Å². The number of nitro benzene ring substituents is 1. The van der Waals surface area contributed by atoms with Crippen molar-refractivity contribution in [2.24, 2.45) is 5.73 Å². The van der Waals surface area contributed by atoms with Crippen LogP contribution in [0.3, 0.4) is 0 Å². The molecule has 92 valence electrons. The van der Waals surface area contributed by atoms with Gasteiger partial charge in [0.1, 0.15) is 0 Å². The zero-order valence-electron chi connectivity index (χ0n) is 9.51. The van der Waals surface area contributed by atoms with E-state index in [-0.39, 0.29) is 11.4 Å². The molecule has 0 atom stereocenters. The Kier molecular flexibility index (Phi) is 4.84. The third-order valence-corrected chi connectivity index (χ3v) is 2.20. The molecule has 1 aromatic carbocycles. The largest absolute Gasteiger partial charge is 0.487 e. The molecule has 2 N–H and O–H groups in total. The van der Waals surface area contributed by atoms with E-state index >= 15 is 0 Å². The number of rotatable bonds is 6. The van der Waals surface area contributed by atoms with Crippen LogP contribution in [-0.2, 0) is 6.42 Å². The molecule has 0 fully saturated rings. The maximum atomic E-state index is 10.9. The lowest BCUT2D eigenvalue weighted by Gasteiger charge is -2.07. The smallest absolute Gasteiger partial charge is 0.311 e. The number of thiocarbonyl (C=S) groups is 1. The van der Waals surface area contributed by atoms with Gasteiger partial charge in [-0.3, -0.25) is 10.1 Å². The van der Waals surface area contributed by atoms with Crippen LogP contribution >= 0.6 is 12.2 Å². The molecule has 1 aromatic rings. The van der Waals surface area contributed by atoms with Gasteiger partial charge in [0.15, 0.2) is 5.75 Å². The second-order valence-electron chi connectivity index (χ2n) is 3.55. The molecule has 0 aromatic heterocycles. The van der Waals surface area contributed by atoms with Crippen molar-refractivity contribution in [1.29, 1.82) is 0 Å². The van der Waals surface area contributed by atoms with Gasteiger partial charge in [-0.1, -0.05) is 25.2 Å². The van der Waals surface area contributed by atoms with E-state index in [2.05, 4.69) is 0 Å². The quantitative estimate of drug-likeness (QED) is 0.478. The standard InChI is InChI=1S/C11H14N2O3S/c1-2-5-16-10-4-3-8(7-11(12)17)6-9(10)13(14)15/h3-4,6H,2,5,7H2,1H3,(H2,12,17). The summed E-state index contributed by atoms with van der Waals surface area (Å²) in [6, 6.07) is 4.77. The number of benzene rings is 1. The molecule has 0 heterocycles. The van der Waals surface area contributed by atoms with Gasteiger partial charge in [0.05, 0.1) is 16.5 Å². The fourth-order valence-electron chi connectivity index (χ4n) is 1.35. The molecule has 0 spiro atoms. The molecule has 5 nitrogen and oxygen atoms in total. The SMILES string of the molecule is CCCOc1ccc(CC(N)=S)cc1[N+](=O)[O-]. The molecule has 0 radical (unpaired) electrons. The van der Waals surface area contributed by atoms with Crippen LogP contribution in [0.25, 0.3) is 0 Å². The fourth-order valence-corrected chi connectivity index (χ4v) is 1.52. The van der Waals surface area contributed by atoms with Gasteiger partial charge in [0.2, 0.25) is 0 Å². The second-order valence-corrected chi connectivity index (χ2v) is 4.08. The topological polar surface area (TPSA) is 78.4 Å². The normalized spacial score (nSPS) is 9.94. The lowest BCUT2D eigenvalue weighted by atomic mass is 10.1. The summed E-state index contributed by atoms with van der Waals surface area (Å²) in [5.41, 5.74) is 6.07. The molecule has 0 aliphatic heterocycles. The van der Waals surface area contributed by atoms with Gasteiger partial charge in [-0.2, -0.15) is 0 Å². The third kappa shape index (κ3) is 3.99. The van der Waals surface area contributed by atoms with Crippen LogP contribution in [0.2, 0.25) is 0 Å². The fraction of sp³-hybridized carbons (Fsp3) is 0.364. The van der Waals surface area contributed by atoms with Crippen LogP contribution in [-0.4, -0.2) is 16.5 Å². The molecule has 1 rings (SSSR count). The Bertz CT molecular complexity index is 435. The molecule has 0 saturated heterocycles. The van der Waals surface area contributed by atoms with Gasteiger partial charge < -0.3 is 10.5 Å². The average molecular weight is 254 g/mol. The highest BCUT2D eigenvalue weighted by molar-refractivity contribution is 7.80. The number of hydrogen-bond donors (Lipinski definition) is 1. The minimum absolute atomic E-state index is 0.0489. The van der Waals surface area contributed by atoms with Crippen molar-refractivity contribution < 1.29 is 9.66 Å². The summed E-state index contributed by atoms with van der Waals surface area (Å²) in [5, 5.41) is 10.9. The Labute approximate surface area is 105 Å². The van der Waals surface area contributed by atoms with Crippen molar-refractivity contribution in [2.75, 3.05) is 6.61 Å². The lowest BCUT2D eigenvalue weighted by Crippen LogP contribution is -2.11. The zero-order valence-corrected chi connectivity index (χ0v) is 10.3. The van der Waals surface area contributed by atoms with E-state index in [4.69, 9.17) is 22.7 Å². The first-order chi connectivity index (χ1) is 8.04. The van der Waals surface area contributed by atoms with Crippen molar-refractivity contribution in [2.45, 2.75) is 19.8 Å². The number of nitro groups is 1. The van der Waals surface area contributed by atoms with Crippen molar-refractivity contribution in [3.63, 3.8) is 0 Å². The molecule has 0 aliphatic rings. The summed E-state index contributed by atoms with van der Waals surface area (Å²) in [6.07, 6.45) is 1.15. The molecule has 0 unspecified atom stereocenters. The Morgan fingerprint density at radius 1 is 1.59 bits per heavy atom.